The molecule has 0 bridgehead atoms. The summed E-state index contributed by atoms with van der Waals surface area (Å²) < 4.78 is 14.7. The Morgan fingerprint density at radius 2 is 1.94 bits per heavy atom. The van der Waals surface area contributed by atoms with Gasteiger partial charge in [0.2, 0.25) is 17.7 Å². The van der Waals surface area contributed by atoms with Gasteiger partial charge in [-0.3, -0.25) is 14.4 Å². The van der Waals surface area contributed by atoms with Crippen LogP contribution in [0.25, 0.3) is 0 Å². The predicted octanol–water partition coefficient (Wildman–Crippen LogP) is 2.43. The molecule has 2 aliphatic heterocycles. The highest BCUT2D eigenvalue weighted by Crippen LogP contribution is 2.28. The van der Waals surface area contributed by atoms with Crippen molar-refractivity contribution in [3.8, 4) is 6.07 Å². The number of nitrogens with one attached hydrogen (secondary N) is 1. The van der Waals surface area contributed by atoms with Crippen molar-refractivity contribution in [2.75, 3.05) is 38.5 Å². The summed E-state index contributed by atoms with van der Waals surface area (Å²) in [6.07, 6.45) is 1.37. The molecule has 9 heteroatoms. The number of alkyl halides is 1. The van der Waals surface area contributed by atoms with E-state index in [4.69, 9.17) is 0 Å². The van der Waals surface area contributed by atoms with Gasteiger partial charge in [-0.05, 0) is 51.9 Å². The molecule has 3 unspecified atom stereocenters. The van der Waals surface area contributed by atoms with Crippen molar-refractivity contribution in [3.05, 3.63) is 30.3 Å². The van der Waals surface area contributed by atoms with E-state index >= 15 is 0 Å². The third kappa shape index (κ3) is 6.54. The number of hydrogen-bond donors (Lipinski definition) is 1. The van der Waals surface area contributed by atoms with E-state index in [2.05, 4.69) is 16.3 Å². The van der Waals surface area contributed by atoms with Gasteiger partial charge in [-0.25, -0.2) is 4.39 Å². The molecule has 2 fully saturated rings. The highest BCUT2D eigenvalue weighted by molar-refractivity contribution is 5.94. The SMILES string of the molecule is CN(C(=O)CCN1CCC1)C(CC(C)(C)F)C(=O)N1CC(C(=O)Nc2ccccc2)CC1C#N. The monoisotopic (exact) mass is 471 g/mol. The zero-order valence-electron chi connectivity index (χ0n) is 20.2. The van der Waals surface area contributed by atoms with E-state index in [1.807, 2.05) is 6.07 Å². The molecule has 0 radical (unpaired) electrons. The van der Waals surface area contributed by atoms with Crippen LogP contribution in [-0.4, -0.2) is 83.4 Å². The molecule has 3 amide bonds. The Morgan fingerprint density at radius 3 is 2.50 bits per heavy atom. The smallest absolute Gasteiger partial charge is 0.246 e. The lowest BCUT2D eigenvalue weighted by Crippen LogP contribution is -2.53. The largest absolute Gasteiger partial charge is 0.334 e. The normalized spacial score (nSPS) is 21.3. The molecule has 1 aromatic rings. The zero-order valence-corrected chi connectivity index (χ0v) is 20.2. The molecule has 0 spiro atoms. The molecule has 2 heterocycles. The van der Waals surface area contributed by atoms with E-state index in [9.17, 15) is 24.0 Å². The Labute approximate surface area is 200 Å². The molecule has 0 aliphatic carbocycles. The fraction of sp³-hybridized carbons (Fsp3) is 0.600. The van der Waals surface area contributed by atoms with Gasteiger partial charge < -0.3 is 20.0 Å². The van der Waals surface area contributed by atoms with Gasteiger partial charge in [0.05, 0.1) is 12.0 Å². The first-order chi connectivity index (χ1) is 16.1. The molecular weight excluding hydrogens is 437 g/mol. The number of para-hydroxylation sites is 1. The summed E-state index contributed by atoms with van der Waals surface area (Å²) in [6, 6.07) is 9.21. The van der Waals surface area contributed by atoms with Crippen molar-refractivity contribution >= 4 is 23.4 Å². The zero-order chi connectivity index (χ0) is 24.9. The van der Waals surface area contributed by atoms with Gasteiger partial charge in [0.1, 0.15) is 17.8 Å². The Bertz CT molecular complexity index is 923. The second-order valence-corrected chi connectivity index (χ2v) is 9.81. The lowest BCUT2D eigenvalue weighted by molar-refractivity contribution is -0.146. The maximum absolute atomic E-state index is 14.7. The van der Waals surface area contributed by atoms with E-state index < -0.39 is 29.6 Å². The summed E-state index contributed by atoms with van der Waals surface area (Å²) in [6.45, 7) is 5.31. The molecule has 184 valence electrons. The summed E-state index contributed by atoms with van der Waals surface area (Å²) in [5.41, 5.74) is -1.06. The second kappa shape index (κ2) is 11.0. The van der Waals surface area contributed by atoms with Crippen LogP contribution >= 0.6 is 0 Å². The summed E-state index contributed by atoms with van der Waals surface area (Å²) in [4.78, 5) is 44.0. The number of carbonyl (C=O) groups excluding carboxylic acids is 3. The van der Waals surface area contributed by atoms with Crippen LogP contribution in [0.3, 0.4) is 0 Å². The van der Waals surface area contributed by atoms with Crippen LogP contribution in [0.4, 0.5) is 10.1 Å². The van der Waals surface area contributed by atoms with Crippen LogP contribution in [0.15, 0.2) is 30.3 Å². The minimum Gasteiger partial charge on any atom is -0.334 e. The Hall–Kier alpha value is -2.99. The average Bonchev–Trinajstić information content (AvgIpc) is 3.20. The number of benzene rings is 1. The molecule has 8 nitrogen and oxygen atoms in total. The van der Waals surface area contributed by atoms with Gasteiger partial charge >= 0.3 is 0 Å². The molecule has 2 aliphatic rings. The van der Waals surface area contributed by atoms with Crippen LogP contribution < -0.4 is 5.32 Å². The molecule has 3 rings (SSSR count). The van der Waals surface area contributed by atoms with Crippen LogP contribution in [0, 0.1) is 17.2 Å². The van der Waals surface area contributed by atoms with Crippen molar-refractivity contribution in [1.29, 1.82) is 5.26 Å². The first-order valence-corrected chi connectivity index (χ1v) is 11.8. The summed E-state index contributed by atoms with van der Waals surface area (Å²) in [7, 11) is 1.52. The molecule has 3 atom stereocenters. The van der Waals surface area contributed by atoms with Gasteiger partial charge in [0.15, 0.2) is 0 Å². The minimum absolute atomic E-state index is 0.0503. The molecular formula is C25H34FN5O3. The lowest BCUT2D eigenvalue weighted by atomic mass is 9.98. The highest BCUT2D eigenvalue weighted by atomic mass is 19.1. The maximum atomic E-state index is 14.7. The number of hydrogen-bond acceptors (Lipinski definition) is 5. The Morgan fingerprint density at radius 1 is 1.26 bits per heavy atom. The van der Waals surface area contributed by atoms with Gasteiger partial charge in [-0.1, -0.05) is 18.2 Å². The van der Waals surface area contributed by atoms with Gasteiger partial charge in [-0.2, -0.15) is 5.26 Å². The van der Waals surface area contributed by atoms with E-state index in [1.165, 1.54) is 30.7 Å². The van der Waals surface area contributed by atoms with Crippen molar-refractivity contribution < 1.29 is 18.8 Å². The number of nitrogens with zero attached hydrogens (tertiary/aromatic N) is 4. The number of halogens is 1. The number of anilines is 1. The third-order valence-electron chi connectivity index (χ3n) is 6.56. The summed E-state index contributed by atoms with van der Waals surface area (Å²) in [5, 5.41) is 12.5. The van der Waals surface area contributed by atoms with E-state index in [0.717, 1.165) is 19.5 Å². The summed E-state index contributed by atoms with van der Waals surface area (Å²) in [5.74, 6) is -1.57. The molecule has 34 heavy (non-hydrogen) atoms. The Balaban J connectivity index is 1.71. The van der Waals surface area contributed by atoms with Crippen molar-refractivity contribution in [1.82, 2.24) is 14.7 Å². The number of rotatable bonds is 9. The lowest BCUT2D eigenvalue weighted by Gasteiger charge is -2.35. The fourth-order valence-corrected chi connectivity index (χ4v) is 4.41. The standard InChI is InChI=1S/C25H34FN5O3/c1-25(2,26)15-21(29(3)22(32)10-13-30-11-7-12-30)24(34)31-17-18(14-20(31)16-27)23(33)28-19-8-5-4-6-9-19/h4-6,8-9,18,20-21H,7,10-15,17H2,1-3H3,(H,28,33). The first kappa shape index (κ1) is 25.6. The number of amides is 3. The molecule has 1 aromatic carbocycles. The Kier molecular flexibility index (Phi) is 8.26. The number of likely N-dealkylation sites (tertiary alicyclic amines) is 2. The third-order valence-corrected chi connectivity index (χ3v) is 6.56. The van der Waals surface area contributed by atoms with E-state index in [-0.39, 0.29) is 37.6 Å². The quantitative estimate of drug-likeness (QED) is 0.597. The number of likely N-dealkylation sites (N-methyl/N-ethyl adjacent to an activating group) is 1. The molecule has 0 aromatic heterocycles. The molecule has 0 saturated carbocycles. The van der Waals surface area contributed by atoms with Gasteiger partial charge in [-0.15, -0.1) is 0 Å². The van der Waals surface area contributed by atoms with Gasteiger partial charge in [0.25, 0.3) is 0 Å². The fourth-order valence-electron chi connectivity index (χ4n) is 4.41. The predicted molar refractivity (Wildman–Crippen MR) is 126 cm³/mol. The minimum atomic E-state index is -1.70. The van der Waals surface area contributed by atoms with Crippen molar-refractivity contribution in [3.63, 3.8) is 0 Å². The van der Waals surface area contributed by atoms with Crippen molar-refractivity contribution in [2.45, 2.75) is 57.3 Å². The highest BCUT2D eigenvalue weighted by Gasteiger charge is 2.44. The molecule has 2 saturated heterocycles. The van der Waals surface area contributed by atoms with Crippen LogP contribution in [0.2, 0.25) is 0 Å². The van der Waals surface area contributed by atoms with E-state index in [0.29, 0.717) is 12.2 Å². The van der Waals surface area contributed by atoms with E-state index in [1.54, 1.807) is 24.3 Å². The van der Waals surface area contributed by atoms with Gasteiger partial charge in [0, 0.05) is 38.7 Å². The average molecular weight is 472 g/mol. The van der Waals surface area contributed by atoms with Crippen molar-refractivity contribution in [2.24, 2.45) is 5.92 Å². The maximum Gasteiger partial charge on any atom is 0.246 e. The van der Waals surface area contributed by atoms with Crippen LogP contribution in [0.1, 0.15) is 39.5 Å². The van der Waals surface area contributed by atoms with Crippen LogP contribution in [-0.2, 0) is 14.4 Å². The topological polar surface area (TPSA) is 96.8 Å². The summed E-state index contributed by atoms with van der Waals surface area (Å²) >= 11 is 0. The molecule has 1 N–H and O–H groups in total. The number of carbonyl (C=O) groups is 3. The number of nitriles is 1. The second-order valence-electron chi connectivity index (χ2n) is 9.81. The van der Waals surface area contributed by atoms with Crippen LogP contribution in [0.5, 0.6) is 0 Å². The first-order valence-electron chi connectivity index (χ1n) is 11.8.